The summed E-state index contributed by atoms with van der Waals surface area (Å²) < 4.78 is 15.2. The first-order valence-electron chi connectivity index (χ1n) is 6.44. The molecule has 106 valence electrons. The van der Waals surface area contributed by atoms with Crippen LogP contribution >= 0.6 is 11.6 Å². The molecule has 0 radical (unpaired) electrons. The summed E-state index contributed by atoms with van der Waals surface area (Å²) in [4.78, 5) is 0. The summed E-state index contributed by atoms with van der Waals surface area (Å²) in [5, 5.41) is 4.41. The van der Waals surface area contributed by atoms with Crippen molar-refractivity contribution >= 4 is 17.3 Å². The summed E-state index contributed by atoms with van der Waals surface area (Å²) in [6, 6.07) is 12.4. The van der Waals surface area contributed by atoms with E-state index in [-0.39, 0.29) is 5.02 Å². The van der Waals surface area contributed by atoms with Crippen molar-refractivity contribution in [1.29, 1.82) is 0 Å². The van der Waals surface area contributed by atoms with Crippen molar-refractivity contribution in [3.8, 4) is 11.1 Å². The van der Waals surface area contributed by atoms with Gasteiger partial charge in [0.1, 0.15) is 5.82 Å². The van der Waals surface area contributed by atoms with E-state index in [1.165, 1.54) is 6.07 Å². The number of rotatable bonds is 3. The molecule has 0 aliphatic heterocycles. The van der Waals surface area contributed by atoms with Gasteiger partial charge in [0.2, 0.25) is 0 Å². The largest absolute Gasteiger partial charge is 0.399 e. The van der Waals surface area contributed by atoms with Crippen molar-refractivity contribution in [2.45, 2.75) is 6.54 Å². The SMILES string of the molecule is Nc1cccc(-c2cnn(Cc3ccc(Cl)c(F)c3)c2)c1. The summed E-state index contributed by atoms with van der Waals surface area (Å²) in [5.74, 6) is -0.419. The predicted molar refractivity (Wildman–Crippen MR) is 82.6 cm³/mol. The van der Waals surface area contributed by atoms with Crippen LogP contribution in [0.15, 0.2) is 54.9 Å². The van der Waals surface area contributed by atoms with Gasteiger partial charge < -0.3 is 5.73 Å². The molecule has 2 N–H and O–H groups in total. The number of nitrogens with zero attached hydrogens (tertiary/aromatic N) is 2. The number of anilines is 1. The van der Waals surface area contributed by atoms with E-state index in [4.69, 9.17) is 17.3 Å². The third-order valence-electron chi connectivity index (χ3n) is 3.18. The van der Waals surface area contributed by atoms with Crippen LogP contribution in [-0.2, 0) is 6.54 Å². The molecule has 0 atom stereocenters. The molecule has 1 heterocycles. The van der Waals surface area contributed by atoms with Crippen LogP contribution in [0.5, 0.6) is 0 Å². The van der Waals surface area contributed by atoms with Gasteiger partial charge in [0.25, 0.3) is 0 Å². The fourth-order valence-electron chi connectivity index (χ4n) is 2.14. The van der Waals surface area contributed by atoms with Crippen LogP contribution in [-0.4, -0.2) is 9.78 Å². The molecule has 1 aromatic heterocycles. The topological polar surface area (TPSA) is 43.8 Å². The van der Waals surface area contributed by atoms with Gasteiger partial charge in [0.05, 0.1) is 17.8 Å². The second-order valence-corrected chi connectivity index (χ2v) is 5.21. The van der Waals surface area contributed by atoms with Crippen molar-refractivity contribution in [2.75, 3.05) is 5.73 Å². The molecule has 3 aromatic rings. The third kappa shape index (κ3) is 3.06. The average Bonchev–Trinajstić information content (AvgIpc) is 2.91. The number of nitrogen functional groups attached to an aromatic ring is 1. The Balaban J connectivity index is 1.83. The zero-order valence-corrected chi connectivity index (χ0v) is 11.9. The fourth-order valence-corrected chi connectivity index (χ4v) is 2.26. The van der Waals surface area contributed by atoms with Gasteiger partial charge in [-0.2, -0.15) is 5.10 Å². The Hall–Kier alpha value is -2.33. The van der Waals surface area contributed by atoms with Gasteiger partial charge in [0, 0.05) is 17.4 Å². The van der Waals surface area contributed by atoms with E-state index in [2.05, 4.69) is 5.10 Å². The highest BCUT2D eigenvalue weighted by Gasteiger charge is 2.05. The molecule has 0 aliphatic rings. The second-order valence-electron chi connectivity index (χ2n) is 4.80. The maximum absolute atomic E-state index is 13.4. The zero-order valence-electron chi connectivity index (χ0n) is 11.1. The number of nitrogens with two attached hydrogens (primary N) is 1. The molecular formula is C16H13ClFN3. The first-order valence-corrected chi connectivity index (χ1v) is 6.82. The summed E-state index contributed by atoms with van der Waals surface area (Å²) in [5.41, 5.74) is 9.26. The van der Waals surface area contributed by atoms with Gasteiger partial charge in [-0.1, -0.05) is 29.8 Å². The minimum Gasteiger partial charge on any atom is -0.399 e. The van der Waals surface area contributed by atoms with Gasteiger partial charge in [-0.05, 0) is 35.4 Å². The van der Waals surface area contributed by atoms with Crippen molar-refractivity contribution in [3.63, 3.8) is 0 Å². The first-order chi connectivity index (χ1) is 10.1. The number of aromatic nitrogens is 2. The number of halogens is 2. The van der Waals surface area contributed by atoms with E-state index in [1.807, 2.05) is 30.5 Å². The highest BCUT2D eigenvalue weighted by molar-refractivity contribution is 6.30. The van der Waals surface area contributed by atoms with Crippen LogP contribution in [0.4, 0.5) is 10.1 Å². The predicted octanol–water partition coefficient (Wildman–Crippen LogP) is 3.97. The molecule has 0 aliphatic carbocycles. The Kier molecular flexibility index (Phi) is 3.62. The lowest BCUT2D eigenvalue weighted by Crippen LogP contribution is -2.00. The third-order valence-corrected chi connectivity index (χ3v) is 3.49. The minimum atomic E-state index is -0.419. The molecule has 0 saturated heterocycles. The molecule has 3 rings (SSSR count). The van der Waals surface area contributed by atoms with Crippen LogP contribution in [0.25, 0.3) is 11.1 Å². The Bertz CT molecular complexity index is 783. The number of hydrogen-bond acceptors (Lipinski definition) is 2. The van der Waals surface area contributed by atoms with E-state index >= 15 is 0 Å². The molecule has 0 spiro atoms. The standard InChI is InChI=1S/C16H13ClFN3/c17-15-5-4-11(6-16(15)18)9-21-10-13(8-20-21)12-2-1-3-14(19)7-12/h1-8,10H,9,19H2. The van der Waals surface area contributed by atoms with Gasteiger partial charge >= 0.3 is 0 Å². The van der Waals surface area contributed by atoms with Crippen molar-refractivity contribution < 1.29 is 4.39 Å². The van der Waals surface area contributed by atoms with Gasteiger partial charge in [-0.25, -0.2) is 4.39 Å². The van der Waals surface area contributed by atoms with Gasteiger partial charge in [-0.3, -0.25) is 4.68 Å². The molecule has 0 saturated carbocycles. The molecular weight excluding hydrogens is 289 g/mol. The average molecular weight is 302 g/mol. The fraction of sp³-hybridized carbons (Fsp3) is 0.0625. The molecule has 0 fully saturated rings. The Morgan fingerprint density at radius 3 is 2.76 bits per heavy atom. The molecule has 3 nitrogen and oxygen atoms in total. The highest BCUT2D eigenvalue weighted by Crippen LogP contribution is 2.21. The van der Waals surface area contributed by atoms with Crippen molar-refractivity contribution in [2.24, 2.45) is 0 Å². The summed E-state index contributed by atoms with van der Waals surface area (Å²) in [6.45, 7) is 0.483. The summed E-state index contributed by atoms with van der Waals surface area (Å²) in [7, 11) is 0. The number of hydrogen-bond donors (Lipinski definition) is 1. The normalized spacial score (nSPS) is 10.8. The maximum Gasteiger partial charge on any atom is 0.142 e. The molecule has 2 aromatic carbocycles. The molecule has 0 bridgehead atoms. The van der Waals surface area contributed by atoms with Crippen LogP contribution < -0.4 is 5.73 Å². The van der Waals surface area contributed by atoms with Crippen LogP contribution in [0, 0.1) is 5.82 Å². The lowest BCUT2D eigenvalue weighted by Gasteiger charge is -2.03. The maximum atomic E-state index is 13.4. The molecule has 0 unspecified atom stereocenters. The first kappa shape index (κ1) is 13.6. The minimum absolute atomic E-state index is 0.125. The lowest BCUT2D eigenvalue weighted by molar-refractivity contribution is 0.619. The van der Waals surface area contributed by atoms with Gasteiger partial charge in [-0.15, -0.1) is 0 Å². The van der Waals surface area contributed by atoms with Crippen molar-refractivity contribution in [1.82, 2.24) is 9.78 Å². The highest BCUT2D eigenvalue weighted by atomic mass is 35.5. The quantitative estimate of drug-likeness (QED) is 0.744. The van der Waals surface area contributed by atoms with E-state index in [1.54, 1.807) is 23.0 Å². The van der Waals surface area contributed by atoms with E-state index in [9.17, 15) is 4.39 Å². The van der Waals surface area contributed by atoms with Crippen LogP contribution in [0.1, 0.15) is 5.56 Å². The Morgan fingerprint density at radius 1 is 1.14 bits per heavy atom. The van der Waals surface area contributed by atoms with Crippen LogP contribution in [0.2, 0.25) is 5.02 Å². The van der Waals surface area contributed by atoms with E-state index < -0.39 is 5.82 Å². The van der Waals surface area contributed by atoms with Crippen molar-refractivity contribution in [3.05, 3.63) is 71.3 Å². The van der Waals surface area contributed by atoms with E-state index in [0.29, 0.717) is 12.2 Å². The van der Waals surface area contributed by atoms with Gasteiger partial charge in [0.15, 0.2) is 0 Å². The monoisotopic (exact) mass is 301 g/mol. The molecule has 5 heteroatoms. The molecule has 0 amide bonds. The molecule has 21 heavy (non-hydrogen) atoms. The zero-order chi connectivity index (χ0) is 14.8. The Labute approximate surface area is 126 Å². The second kappa shape index (κ2) is 5.58. The van der Waals surface area contributed by atoms with E-state index in [0.717, 1.165) is 16.7 Å². The number of benzene rings is 2. The lowest BCUT2D eigenvalue weighted by atomic mass is 10.1. The summed E-state index contributed by atoms with van der Waals surface area (Å²) in [6.07, 6.45) is 3.67. The smallest absolute Gasteiger partial charge is 0.142 e. The Morgan fingerprint density at radius 2 is 2.00 bits per heavy atom. The summed E-state index contributed by atoms with van der Waals surface area (Å²) >= 11 is 5.67. The van der Waals surface area contributed by atoms with Crippen LogP contribution in [0.3, 0.4) is 0 Å².